The average Bonchev–Trinajstić information content (AvgIpc) is 3.04. The molecular formula is C19H20ClN3O3S. The Labute approximate surface area is 168 Å². The average molecular weight is 406 g/mol. The second-order valence-corrected chi connectivity index (χ2v) is 7.07. The van der Waals surface area contributed by atoms with Crippen LogP contribution < -0.4 is 5.32 Å². The molecule has 0 saturated carbocycles. The fourth-order valence-corrected chi connectivity index (χ4v) is 4.28. The molecule has 2 aromatic rings. The van der Waals surface area contributed by atoms with Crippen molar-refractivity contribution in [1.82, 2.24) is 4.90 Å². The van der Waals surface area contributed by atoms with Crippen molar-refractivity contribution in [3.05, 3.63) is 51.4 Å². The molecule has 27 heavy (non-hydrogen) atoms. The molecule has 1 aromatic heterocycles. The van der Waals surface area contributed by atoms with Gasteiger partial charge in [0.15, 0.2) is 0 Å². The molecular weight excluding hydrogens is 386 g/mol. The maximum atomic E-state index is 12.6. The number of nitrogens with zero attached hydrogens (tertiary/aromatic N) is 2. The zero-order valence-electron chi connectivity index (χ0n) is 15.1. The van der Waals surface area contributed by atoms with Crippen LogP contribution in [0, 0.1) is 11.3 Å². The summed E-state index contributed by atoms with van der Waals surface area (Å²) in [5.41, 5.74) is 2.36. The van der Waals surface area contributed by atoms with Crippen LogP contribution in [0.5, 0.6) is 0 Å². The second-order valence-electron chi connectivity index (χ2n) is 5.96. The first-order chi connectivity index (χ1) is 12.6. The number of ether oxygens (including phenoxy) is 1. The molecule has 1 aliphatic rings. The predicted octanol–water partition coefficient (Wildman–Crippen LogP) is 3.46. The Morgan fingerprint density at radius 2 is 2.04 bits per heavy atom. The fourth-order valence-electron chi connectivity index (χ4n) is 3.00. The smallest absolute Gasteiger partial charge is 0.341 e. The first kappa shape index (κ1) is 20.9. The molecule has 0 spiro atoms. The third kappa shape index (κ3) is 4.30. The molecule has 6 nitrogen and oxygen atoms in total. The van der Waals surface area contributed by atoms with Gasteiger partial charge < -0.3 is 10.1 Å². The third-order valence-electron chi connectivity index (χ3n) is 4.48. The van der Waals surface area contributed by atoms with Gasteiger partial charge in [0.25, 0.3) is 5.91 Å². The van der Waals surface area contributed by atoms with Gasteiger partial charge in [-0.1, -0.05) is 6.92 Å². The first-order valence-electron chi connectivity index (χ1n) is 8.34. The van der Waals surface area contributed by atoms with Crippen molar-refractivity contribution < 1.29 is 14.3 Å². The summed E-state index contributed by atoms with van der Waals surface area (Å²) < 4.78 is 4.94. The number of likely N-dealkylation sites (N-methyl/N-ethyl adjacent to an activating group) is 1. The van der Waals surface area contributed by atoms with Crippen LogP contribution >= 0.6 is 23.7 Å². The molecule has 0 fully saturated rings. The van der Waals surface area contributed by atoms with Gasteiger partial charge in [-0.3, -0.25) is 9.69 Å². The quantitative estimate of drug-likeness (QED) is 0.787. The number of hydrogen-bond acceptors (Lipinski definition) is 6. The van der Waals surface area contributed by atoms with Gasteiger partial charge in [-0.15, -0.1) is 23.7 Å². The summed E-state index contributed by atoms with van der Waals surface area (Å²) in [4.78, 5) is 28.3. The van der Waals surface area contributed by atoms with Crippen molar-refractivity contribution in [3.63, 3.8) is 0 Å². The van der Waals surface area contributed by atoms with Crippen molar-refractivity contribution in [2.75, 3.05) is 25.5 Å². The number of carbonyl (C=O) groups is 2. The van der Waals surface area contributed by atoms with Crippen LogP contribution in [-0.2, 0) is 17.7 Å². The summed E-state index contributed by atoms with van der Waals surface area (Å²) in [5, 5.41) is 12.2. The molecule has 1 amide bonds. The highest BCUT2D eigenvalue weighted by molar-refractivity contribution is 7.17. The van der Waals surface area contributed by atoms with Gasteiger partial charge in [0.1, 0.15) is 5.00 Å². The Bertz CT molecular complexity index is 887. The van der Waals surface area contributed by atoms with Crippen molar-refractivity contribution in [3.8, 4) is 6.07 Å². The molecule has 0 unspecified atom stereocenters. The number of halogens is 1. The number of fused-ring (bicyclic) bond motifs is 1. The Hall–Kier alpha value is -2.40. The minimum atomic E-state index is -0.428. The lowest BCUT2D eigenvalue weighted by atomic mass is 10.0. The molecule has 8 heteroatoms. The Morgan fingerprint density at radius 1 is 1.33 bits per heavy atom. The van der Waals surface area contributed by atoms with E-state index in [1.165, 1.54) is 18.4 Å². The number of benzene rings is 1. The Kier molecular flexibility index (Phi) is 6.97. The van der Waals surface area contributed by atoms with Gasteiger partial charge in [-0.2, -0.15) is 5.26 Å². The minimum Gasteiger partial charge on any atom is -0.465 e. The summed E-state index contributed by atoms with van der Waals surface area (Å²) >= 11 is 1.43. The molecule has 0 bridgehead atoms. The molecule has 1 N–H and O–H groups in total. The number of carbonyl (C=O) groups excluding carboxylic acids is 2. The normalized spacial score (nSPS) is 13.1. The van der Waals surface area contributed by atoms with Crippen LogP contribution in [-0.4, -0.2) is 37.0 Å². The van der Waals surface area contributed by atoms with E-state index in [1.54, 1.807) is 24.3 Å². The van der Waals surface area contributed by atoms with E-state index in [0.717, 1.165) is 36.5 Å². The highest BCUT2D eigenvalue weighted by Crippen LogP contribution is 2.37. The van der Waals surface area contributed by atoms with Crippen LogP contribution in [0.3, 0.4) is 0 Å². The summed E-state index contributed by atoms with van der Waals surface area (Å²) in [7, 11) is 1.35. The third-order valence-corrected chi connectivity index (χ3v) is 5.61. The largest absolute Gasteiger partial charge is 0.465 e. The highest BCUT2D eigenvalue weighted by atomic mass is 35.5. The maximum absolute atomic E-state index is 12.6. The SMILES string of the molecule is CCN1CCc2c(sc(NC(=O)c3ccc(C#N)cc3)c2C(=O)OC)C1.Cl. The number of methoxy groups -OCH3 is 1. The number of nitriles is 1. The van der Waals surface area contributed by atoms with Gasteiger partial charge >= 0.3 is 5.97 Å². The zero-order chi connectivity index (χ0) is 18.7. The molecule has 0 saturated heterocycles. The van der Waals surface area contributed by atoms with Crippen molar-refractivity contribution >= 4 is 40.6 Å². The van der Waals surface area contributed by atoms with Crippen molar-refractivity contribution in [2.24, 2.45) is 0 Å². The molecule has 0 aliphatic carbocycles. The number of esters is 1. The number of amides is 1. The second kappa shape index (κ2) is 9.00. The summed E-state index contributed by atoms with van der Waals surface area (Å²) in [6.45, 7) is 4.70. The number of anilines is 1. The zero-order valence-corrected chi connectivity index (χ0v) is 16.7. The van der Waals surface area contributed by atoms with Crippen molar-refractivity contribution in [2.45, 2.75) is 19.9 Å². The number of hydrogen-bond donors (Lipinski definition) is 1. The lowest BCUT2D eigenvalue weighted by Gasteiger charge is -2.25. The van der Waals surface area contributed by atoms with E-state index in [1.807, 2.05) is 6.07 Å². The van der Waals surface area contributed by atoms with Crippen LogP contribution in [0.1, 0.15) is 43.6 Å². The van der Waals surface area contributed by atoms with Crippen LogP contribution in [0.2, 0.25) is 0 Å². The van der Waals surface area contributed by atoms with Crippen LogP contribution in [0.25, 0.3) is 0 Å². The number of thiophene rings is 1. The maximum Gasteiger partial charge on any atom is 0.341 e. The van der Waals surface area contributed by atoms with E-state index >= 15 is 0 Å². The van der Waals surface area contributed by atoms with Gasteiger partial charge in [-0.25, -0.2) is 4.79 Å². The standard InChI is InChI=1S/C19H19N3O3S.ClH/c1-3-22-9-8-14-15(11-22)26-18(16(14)19(24)25-2)21-17(23)13-6-4-12(10-20)5-7-13;/h4-7H,3,8-9,11H2,1-2H3,(H,21,23);1H. The highest BCUT2D eigenvalue weighted by Gasteiger charge is 2.29. The van der Waals surface area contributed by atoms with Gasteiger partial charge in [-0.05, 0) is 42.8 Å². The van der Waals surface area contributed by atoms with Gasteiger partial charge in [0.2, 0.25) is 0 Å². The van der Waals surface area contributed by atoms with Gasteiger partial charge in [0, 0.05) is 23.5 Å². The number of nitrogens with one attached hydrogen (secondary N) is 1. The van der Waals surface area contributed by atoms with Crippen LogP contribution in [0.15, 0.2) is 24.3 Å². The Balaban J connectivity index is 0.00000261. The number of rotatable bonds is 4. The van der Waals surface area contributed by atoms with E-state index < -0.39 is 5.97 Å². The minimum absolute atomic E-state index is 0. The predicted molar refractivity (Wildman–Crippen MR) is 107 cm³/mol. The molecule has 142 valence electrons. The molecule has 0 radical (unpaired) electrons. The topological polar surface area (TPSA) is 82.4 Å². The molecule has 3 rings (SSSR count). The van der Waals surface area contributed by atoms with Gasteiger partial charge in [0.05, 0.1) is 24.3 Å². The first-order valence-corrected chi connectivity index (χ1v) is 9.15. The lowest BCUT2D eigenvalue weighted by molar-refractivity contribution is 0.0600. The summed E-state index contributed by atoms with van der Waals surface area (Å²) in [6, 6.07) is 8.40. The lowest BCUT2D eigenvalue weighted by Crippen LogP contribution is -2.29. The van der Waals surface area contributed by atoms with E-state index in [9.17, 15) is 9.59 Å². The summed E-state index contributed by atoms with van der Waals surface area (Å²) in [6.07, 6.45) is 0.761. The van der Waals surface area contributed by atoms with E-state index in [-0.39, 0.29) is 18.3 Å². The van der Waals surface area contributed by atoms with E-state index in [2.05, 4.69) is 17.1 Å². The molecule has 1 aliphatic heterocycles. The molecule has 2 heterocycles. The van der Waals surface area contributed by atoms with Crippen molar-refractivity contribution in [1.29, 1.82) is 5.26 Å². The Morgan fingerprint density at radius 3 is 2.63 bits per heavy atom. The summed E-state index contributed by atoms with van der Waals surface area (Å²) in [5.74, 6) is -0.742. The van der Waals surface area contributed by atoms with Crippen LogP contribution in [0.4, 0.5) is 5.00 Å². The van der Waals surface area contributed by atoms with E-state index in [4.69, 9.17) is 10.00 Å². The molecule has 0 atom stereocenters. The van der Waals surface area contributed by atoms with E-state index in [0.29, 0.717) is 21.7 Å². The molecule has 1 aromatic carbocycles. The monoisotopic (exact) mass is 405 g/mol. The fraction of sp³-hybridized carbons (Fsp3) is 0.316.